The Bertz CT molecular complexity index is 836. The lowest BCUT2D eigenvalue weighted by Crippen LogP contribution is -2.48. The molecule has 0 bridgehead atoms. The van der Waals surface area contributed by atoms with Crippen molar-refractivity contribution in [3.8, 4) is 0 Å². The lowest BCUT2D eigenvalue weighted by atomic mass is 10.0. The van der Waals surface area contributed by atoms with Gasteiger partial charge < -0.3 is 10.0 Å². The van der Waals surface area contributed by atoms with Crippen LogP contribution in [0.3, 0.4) is 0 Å². The van der Waals surface area contributed by atoms with Crippen LogP contribution in [0.1, 0.15) is 48.9 Å². The summed E-state index contributed by atoms with van der Waals surface area (Å²) in [6.45, 7) is 1.21. The normalized spacial score (nSPS) is 21.8. The number of benzene rings is 1. The Morgan fingerprint density at radius 1 is 1.04 bits per heavy atom. The van der Waals surface area contributed by atoms with Gasteiger partial charge in [-0.15, -0.1) is 0 Å². The molecule has 0 radical (unpaired) electrons. The van der Waals surface area contributed by atoms with E-state index in [0.717, 1.165) is 32.1 Å². The SMILES string of the molecule is O=C(O)C1CCCCN1C(=O)c1ccc(Cl)c(S(=O)(=O)N2CCCCC2)c1. The van der Waals surface area contributed by atoms with Gasteiger partial charge >= 0.3 is 5.97 Å². The van der Waals surface area contributed by atoms with Crippen LogP contribution in [0.25, 0.3) is 0 Å². The van der Waals surface area contributed by atoms with Crippen LogP contribution in [-0.4, -0.2) is 60.3 Å². The minimum Gasteiger partial charge on any atom is -0.480 e. The van der Waals surface area contributed by atoms with Gasteiger partial charge in [-0.05, 0) is 50.3 Å². The summed E-state index contributed by atoms with van der Waals surface area (Å²) in [6.07, 6.45) is 4.45. The summed E-state index contributed by atoms with van der Waals surface area (Å²) in [7, 11) is -3.79. The summed E-state index contributed by atoms with van der Waals surface area (Å²) in [5.74, 6) is -1.52. The maximum absolute atomic E-state index is 13.0. The van der Waals surface area contributed by atoms with Crippen LogP contribution in [0.5, 0.6) is 0 Å². The summed E-state index contributed by atoms with van der Waals surface area (Å²) >= 11 is 6.14. The van der Waals surface area contributed by atoms with E-state index < -0.39 is 27.9 Å². The summed E-state index contributed by atoms with van der Waals surface area (Å²) in [5, 5.41) is 9.45. The molecular weight excluding hydrogens is 392 g/mol. The molecule has 9 heteroatoms. The van der Waals surface area contributed by atoms with Crippen molar-refractivity contribution >= 4 is 33.5 Å². The molecule has 1 N–H and O–H groups in total. The Morgan fingerprint density at radius 3 is 2.37 bits per heavy atom. The van der Waals surface area contributed by atoms with Crippen molar-refractivity contribution in [3.63, 3.8) is 0 Å². The fourth-order valence-electron chi connectivity index (χ4n) is 3.68. The number of halogens is 1. The van der Waals surface area contributed by atoms with Gasteiger partial charge in [0.2, 0.25) is 10.0 Å². The lowest BCUT2D eigenvalue weighted by Gasteiger charge is -2.33. The first-order chi connectivity index (χ1) is 12.8. The first-order valence-corrected chi connectivity index (χ1v) is 11.0. The third-order valence-electron chi connectivity index (χ3n) is 5.16. The zero-order chi connectivity index (χ0) is 19.6. The van der Waals surface area contributed by atoms with Crippen LogP contribution in [0.15, 0.2) is 23.1 Å². The fourth-order valence-corrected chi connectivity index (χ4v) is 5.69. The number of aliphatic carboxylic acids is 1. The van der Waals surface area contributed by atoms with Crippen molar-refractivity contribution in [2.24, 2.45) is 0 Å². The number of carbonyl (C=O) groups excluding carboxylic acids is 1. The van der Waals surface area contributed by atoms with Crippen LogP contribution < -0.4 is 0 Å². The second-order valence-electron chi connectivity index (χ2n) is 6.96. The van der Waals surface area contributed by atoms with Gasteiger partial charge in [0.15, 0.2) is 0 Å². The molecule has 1 aromatic rings. The molecule has 2 aliphatic rings. The summed E-state index contributed by atoms with van der Waals surface area (Å²) in [4.78, 5) is 25.6. The highest BCUT2D eigenvalue weighted by atomic mass is 35.5. The van der Waals surface area contributed by atoms with Crippen LogP contribution in [0.4, 0.5) is 0 Å². The maximum atomic E-state index is 13.0. The standard InChI is InChI=1S/C18H23ClN2O5S/c19-14-8-7-13(17(22)21-11-5-2-6-15(21)18(23)24)12-16(14)27(25,26)20-9-3-1-4-10-20/h7-8,12,15H,1-6,9-11H2,(H,23,24). The topological polar surface area (TPSA) is 95.0 Å². The Hall–Kier alpha value is -1.64. The highest BCUT2D eigenvalue weighted by Gasteiger charge is 2.34. The molecule has 2 saturated heterocycles. The Kier molecular flexibility index (Phi) is 6.08. The molecule has 1 unspecified atom stereocenters. The molecule has 0 spiro atoms. The molecule has 148 valence electrons. The van der Waals surface area contributed by atoms with Gasteiger partial charge in [0.25, 0.3) is 5.91 Å². The van der Waals surface area contributed by atoms with E-state index in [1.54, 1.807) is 0 Å². The van der Waals surface area contributed by atoms with Crippen molar-refractivity contribution in [1.82, 2.24) is 9.21 Å². The number of rotatable bonds is 4. The second kappa shape index (κ2) is 8.16. The third kappa shape index (κ3) is 4.12. The zero-order valence-electron chi connectivity index (χ0n) is 14.9. The van der Waals surface area contributed by atoms with E-state index in [9.17, 15) is 23.1 Å². The Labute approximate surface area is 164 Å². The number of hydrogen-bond donors (Lipinski definition) is 1. The van der Waals surface area contributed by atoms with Gasteiger partial charge in [-0.25, -0.2) is 13.2 Å². The molecule has 0 saturated carbocycles. The smallest absolute Gasteiger partial charge is 0.326 e. The van der Waals surface area contributed by atoms with Gasteiger partial charge in [0.1, 0.15) is 10.9 Å². The number of carbonyl (C=O) groups is 2. The van der Waals surface area contributed by atoms with E-state index in [4.69, 9.17) is 11.6 Å². The largest absolute Gasteiger partial charge is 0.480 e. The predicted molar refractivity (Wildman–Crippen MR) is 100 cm³/mol. The third-order valence-corrected chi connectivity index (χ3v) is 7.54. The molecule has 0 aliphatic carbocycles. The average Bonchev–Trinajstić information content (AvgIpc) is 2.68. The van der Waals surface area contributed by atoms with Crippen molar-refractivity contribution < 1.29 is 23.1 Å². The second-order valence-corrected chi connectivity index (χ2v) is 9.27. The van der Waals surface area contributed by atoms with Gasteiger partial charge in [-0.3, -0.25) is 4.79 Å². The number of hydrogen-bond acceptors (Lipinski definition) is 4. The number of carboxylic acid groups (broad SMARTS) is 1. The zero-order valence-corrected chi connectivity index (χ0v) is 16.5. The van der Waals surface area contributed by atoms with Crippen LogP contribution in [0, 0.1) is 0 Å². The first kappa shape index (κ1) is 20.1. The van der Waals surface area contributed by atoms with Gasteiger partial charge in [0.05, 0.1) is 5.02 Å². The molecule has 27 heavy (non-hydrogen) atoms. The van der Waals surface area contributed by atoms with E-state index in [-0.39, 0.29) is 15.5 Å². The molecule has 2 aliphatic heterocycles. The monoisotopic (exact) mass is 414 g/mol. The molecule has 1 atom stereocenters. The Morgan fingerprint density at radius 2 is 1.70 bits per heavy atom. The molecule has 2 fully saturated rings. The number of carboxylic acids is 1. The fraction of sp³-hybridized carbons (Fsp3) is 0.556. The van der Waals surface area contributed by atoms with Gasteiger partial charge in [-0.1, -0.05) is 18.0 Å². The molecule has 7 nitrogen and oxygen atoms in total. The average molecular weight is 415 g/mol. The van der Waals surface area contributed by atoms with E-state index in [0.29, 0.717) is 26.1 Å². The molecule has 1 amide bonds. The van der Waals surface area contributed by atoms with Crippen molar-refractivity contribution in [3.05, 3.63) is 28.8 Å². The number of amides is 1. The highest BCUT2D eigenvalue weighted by molar-refractivity contribution is 7.89. The van der Waals surface area contributed by atoms with Crippen LogP contribution in [-0.2, 0) is 14.8 Å². The van der Waals surface area contributed by atoms with Crippen LogP contribution in [0.2, 0.25) is 5.02 Å². The lowest BCUT2D eigenvalue weighted by molar-refractivity contribution is -0.143. The Balaban J connectivity index is 1.92. The van der Waals surface area contributed by atoms with Crippen molar-refractivity contribution in [2.75, 3.05) is 19.6 Å². The summed E-state index contributed by atoms with van der Waals surface area (Å²) in [5.41, 5.74) is 0.142. The predicted octanol–water partition coefficient (Wildman–Crippen LogP) is 2.59. The van der Waals surface area contributed by atoms with Gasteiger partial charge in [-0.2, -0.15) is 4.31 Å². The first-order valence-electron chi connectivity index (χ1n) is 9.16. The summed E-state index contributed by atoms with van der Waals surface area (Å²) < 4.78 is 27.3. The maximum Gasteiger partial charge on any atom is 0.326 e. The molecule has 2 heterocycles. The number of likely N-dealkylation sites (tertiary alicyclic amines) is 1. The highest BCUT2D eigenvalue weighted by Crippen LogP contribution is 2.29. The molecule has 0 aromatic heterocycles. The number of sulfonamides is 1. The molecular formula is C18H23ClN2O5S. The van der Waals surface area contributed by atoms with E-state index in [1.807, 2.05) is 0 Å². The quantitative estimate of drug-likeness (QED) is 0.817. The summed E-state index contributed by atoms with van der Waals surface area (Å²) in [6, 6.07) is 3.24. The van der Waals surface area contributed by atoms with Crippen molar-refractivity contribution in [1.29, 1.82) is 0 Å². The van der Waals surface area contributed by atoms with E-state index >= 15 is 0 Å². The molecule has 3 rings (SSSR count). The number of piperidine rings is 2. The van der Waals surface area contributed by atoms with E-state index in [1.165, 1.54) is 27.4 Å². The van der Waals surface area contributed by atoms with Crippen LogP contribution >= 0.6 is 11.6 Å². The minimum atomic E-state index is -3.79. The van der Waals surface area contributed by atoms with Gasteiger partial charge in [0, 0.05) is 25.2 Å². The molecule has 1 aromatic carbocycles. The van der Waals surface area contributed by atoms with Crippen molar-refractivity contribution in [2.45, 2.75) is 49.5 Å². The number of nitrogens with zero attached hydrogens (tertiary/aromatic N) is 2. The minimum absolute atomic E-state index is 0.0607. The van der Waals surface area contributed by atoms with E-state index in [2.05, 4.69) is 0 Å².